The van der Waals surface area contributed by atoms with Crippen molar-refractivity contribution < 1.29 is 8.42 Å². The maximum atomic E-state index is 12.9. The minimum absolute atomic E-state index is 0.0480. The van der Waals surface area contributed by atoms with Crippen LogP contribution in [0.4, 0.5) is 5.69 Å². The van der Waals surface area contributed by atoms with Crippen LogP contribution in [0.3, 0.4) is 0 Å². The van der Waals surface area contributed by atoms with Gasteiger partial charge in [-0.1, -0.05) is 38.3 Å². The van der Waals surface area contributed by atoms with E-state index in [1.54, 1.807) is 0 Å². The molecule has 0 radical (unpaired) electrons. The first kappa shape index (κ1) is 21.2. The van der Waals surface area contributed by atoms with Gasteiger partial charge < -0.3 is 5.73 Å². The Hall–Kier alpha value is -0.820. The van der Waals surface area contributed by atoms with Gasteiger partial charge in [0.05, 0.1) is 21.5 Å². The molecule has 1 rings (SSSR count). The maximum Gasteiger partial charge on any atom is 0.243 e. The molecule has 1 aromatic carbocycles. The predicted molar refractivity (Wildman–Crippen MR) is 102 cm³/mol. The standard InChI is InChI=1S/C16H25Cl2N3O2S/c1-3-5-9-21(10-6-4-2)24(22,23)13-7-8-14(18)15(11-13)20-16(19)12-17/h7-8,11H,3-6,9-10,12H2,1-2H3,(H2,19,20). The number of rotatable bonds is 10. The number of nitrogens with zero attached hydrogens (tertiary/aromatic N) is 2. The Morgan fingerprint density at radius 3 is 2.29 bits per heavy atom. The minimum atomic E-state index is -3.60. The van der Waals surface area contributed by atoms with Gasteiger partial charge in [0, 0.05) is 13.1 Å². The Kier molecular flexibility index (Phi) is 9.05. The number of unbranched alkanes of at least 4 members (excludes halogenated alkanes) is 2. The molecule has 8 heteroatoms. The highest BCUT2D eigenvalue weighted by molar-refractivity contribution is 7.89. The second-order valence-corrected chi connectivity index (χ2v) is 8.07. The molecule has 0 aliphatic carbocycles. The molecule has 24 heavy (non-hydrogen) atoms. The topological polar surface area (TPSA) is 75.8 Å². The van der Waals surface area contributed by atoms with E-state index in [0.29, 0.717) is 23.8 Å². The summed E-state index contributed by atoms with van der Waals surface area (Å²) in [5, 5.41) is 0.329. The molecule has 0 atom stereocenters. The van der Waals surface area contributed by atoms with Gasteiger partial charge in [0.25, 0.3) is 0 Å². The summed E-state index contributed by atoms with van der Waals surface area (Å²) in [4.78, 5) is 4.25. The number of halogens is 2. The molecule has 136 valence electrons. The summed E-state index contributed by atoms with van der Waals surface area (Å²) in [6.07, 6.45) is 3.50. The quantitative estimate of drug-likeness (QED) is 0.368. The van der Waals surface area contributed by atoms with E-state index in [2.05, 4.69) is 4.99 Å². The molecule has 0 bridgehead atoms. The van der Waals surface area contributed by atoms with Crippen molar-refractivity contribution >= 4 is 44.7 Å². The molecule has 0 unspecified atom stereocenters. The summed E-state index contributed by atoms with van der Waals surface area (Å²) < 4.78 is 27.4. The zero-order valence-corrected chi connectivity index (χ0v) is 16.5. The fourth-order valence-corrected chi connectivity index (χ4v) is 3.85. The Balaban J connectivity index is 3.21. The molecule has 0 saturated carbocycles. The summed E-state index contributed by atoms with van der Waals surface area (Å²) in [5.41, 5.74) is 5.93. The SMILES string of the molecule is CCCCN(CCCC)S(=O)(=O)c1ccc(Cl)c(N=C(N)CCl)c1. The predicted octanol–water partition coefficient (Wildman–Crippen LogP) is 4.16. The number of benzene rings is 1. The average Bonchev–Trinajstić information content (AvgIpc) is 2.56. The van der Waals surface area contributed by atoms with Gasteiger partial charge in [0.1, 0.15) is 5.84 Å². The van der Waals surface area contributed by atoms with Crippen LogP contribution in [0.2, 0.25) is 5.02 Å². The first-order chi connectivity index (χ1) is 11.4. The lowest BCUT2D eigenvalue weighted by Gasteiger charge is -2.22. The van der Waals surface area contributed by atoms with Crippen molar-refractivity contribution in [1.82, 2.24) is 4.31 Å². The Morgan fingerprint density at radius 2 is 1.79 bits per heavy atom. The number of hydrogen-bond acceptors (Lipinski definition) is 3. The molecule has 0 fully saturated rings. The lowest BCUT2D eigenvalue weighted by atomic mass is 10.3. The minimum Gasteiger partial charge on any atom is -0.386 e. The van der Waals surface area contributed by atoms with Gasteiger partial charge in [0.2, 0.25) is 10.0 Å². The number of aliphatic imine (C=N–C) groups is 1. The van der Waals surface area contributed by atoms with E-state index in [1.165, 1.54) is 22.5 Å². The molecule has 1 aromatic rings. The van der Waals surface area contributed by atoms with E-state index in [-0.39, 0.29) is 16.6 Å². The zero-order valence-electron chi connectivity index (χ0n) is 14.1. The van der Waals surface area contributed by atoms with Crippen LogP contribution in [-0.4, -0.2) is 37.5 Å². The van der Waals surface area contributed by atoms with Crippen LogP contribution in [0.1, 0.15) is 39.5 Å². The number of nitrogens with two attached hydrogens (primary N) is 1. The summed E-state index contributed by atoms with van der Waals surface area (Å²) in [6, 6.07) is 4.47. The summed E-state index contributed by atoms with van der Waals surface area (Å²) >= 11 is 11.7. The highest BCUT2D eigenvalue weighted by atomic mass is 35.5. The van der Waals surface area contributed by atoms with Crippen molar-refractivity contribution in [1.29, 1.82) is 0 Å². The lowest BCUT2D eigenvalue weighted by molar-refractivity contribution is 0.395. The van der Waals surface area contributed by atoms with Gasteiger partial charge >= 0.3 is 0 Å². The van der Waals surface area contributed by atoms with E-state index >= 15 is 0 Å². The van der Waals surface area contributed by atoms with Gasteiger partial charge in [0.15, 0.2) is 0 Å². The van der Waals surface area contributed by atoms with Crippen molar-refractivity contribution in [3.63, 3.8) is 0 Å². The third-order valence-electron chi connectivity index (χ3n) is 3.48. The van der Waals surface area contributed by atoms with Crippen LogP contribution >= 0.6 is 23.2 Å². The molecule has 0 aliphatic heterocycles. The van der Waals surface area contributed by atoms with Crippen molar-refractivity contribution in [2.45, 2.75) is 44.4 Å². The summed E-state index contributed by atoms with van der Waals surface area (Å²) in [7, 11) is -3.60. The van der Waals surface area contributed by atoms with E-state index in [9.17, 15) is 8.42 Å². The summed E-state index contributed by atoms with van der Waals surface area (Å²) in [6.45, 7) is 5.08. The number of hydrogen-bond donors (Lipinski definition) is 1. The van der Waals surface area contributed by atoms with Crippen molar-refractivity contribution in [2.75, 3.05) is 19.0 Å². The molecular formula is C16H25Cl2N3O2S. The number of sulfonamides is 1. The third-order valence-corrected chi connectivity index (χ3v) is 5.97. The van der Waals surface area contributed by atoms with Crippen molar-refractivity contribution in [3.05, 3.63) is 23.2 Å². The van der Waals surface area contributed by atoms with Crippen molar-refractivity contribution in [3.8, 4) is 0 Å². The fraction of sp³-hybridized carbons (Fsp3) is 0.562. The van der Waals surface area contributed by atoms with E-state index in [1.807, 2.05) is 13.8 Å². The Bertz CT molecular complexity index is 655. The molecule has 2 N–H and O–H groups in total. The summed E-state index contributed by atoms with van der Waals surface area (Å²) in [5.74, 6) is 0.230. The molecule has 0 aromatic heterocycles. The maximum absolute atomic E-state index is 12.9. The molecule has 0 saturated heterocycles. The van der Waals surface area contributed by atoms with E-state index < -0.39 is 10.0 Å². The molecule has 0 spiro atoms. The van der Waals surface area contributed by atoms with Gasteiger partial charge in [-0.25, -0.2) is 13.4 Å². The van der Waals surface area contributed by atoms with Crippen LogP contribution in [0.5, 0.6) is 0 Å². The Labute approximate surface area is 154 Å². The number of amidine groups is 1. The lowest BCUT2D eigenvalue weighted by Crippen LogP contribution is -2.33. The fourth-order valence-electron chi connectivity index (χ4n) is 2.09. The smallest absolute Gasteiger partial charge is 0.243 e. The van der Waals surface area contributed by atoms with Gasteiger partial charge in [-0.15, -0.1) is 11.6 Å². The van der Waals surface area contributed by atoms with Crippen LogP contribution in [-0.2, 0) is 10.0 Å². The van der Waals surface area contributed by atoms with Crippen LogP contribution in [0.15, 0.2) is 28.1 Å². The van der Waals surface area contributed by atoms with Gasteiger partial charge in [-0.2, -0.15) is 4.31 Å². The molecular weight excluding hydrogens is 369 g/mol. The zero-order chi connectivity index (χ0) is 18.2. The second kappa shape index (κ2) is 10.2. The first-order valence-electron chi connectivity index (χ1n) is 8.05. The van der Waals surface area contributed by atoms with Crippen LogP contribution in [0, 0.1) is 0 Å². The molecule has 0 amide bonds. The third kappa shape index (κ3) is 5.92. The van der Waals surface area contributed by atoms with E-state index in [4.69, 9.17) is 28.9 Å². The highest BCUT2D eigenvalue weighted by Gasteiger charge is 2.24. The van der Waals surface area contributed by atoms with Gasteiger partial charge in [-0.3, -0.25) is 0 Å². The van der Waals surface area contributed by atoms with Crippen LogP contribution in [0.25, 0.3) is 0 Å². The monoisotopic (exact) mass is 393 g/mol. The normalized spacial score (nSPS) is 12.8. The molecule has 0 heterocycles. The Morgan fingerprint density at radius 1 is 1.21 bits per heavy atom. The second-order valence-electron chi connectivity index (χ2n) is 5.46. The average molecular weight is 394 g/mol. The van der Waals surface area contributed by atoms with E-state index in [0.717, 1.165) is 25.7 Å². The largest absolute Gasteiger partial charge is 0.386 e. The molecule has 5 nitrogen and oxygen atoms in total. The molecule has 0 aliphatic rings. The number of alkyl halides is 1. The van der Waals surface area contributed by atoms with Crippen molar-refractivity contribution in [2.24, 2.45) is 10.7 Å². The highest BCUT2D eigenvalue weighted by Crippen LogP contribution is 2.29. The van der Waals surface area contributed by atoms with Crippen LogP contribution < -0.4 is 5.73 Å². The van der Waals surface area contributed by atoms with Gasteiger partial charge in [-0.05, 0) is 31.0 Å². The first-order valence-corrected chi connectivity index (χ1v) is 10.4.